The van der Waals surface area contributed by atoms with Gasteiger partial charge in [-0.15, -0.1) is 0 Å². The van der Waals surface area contributed by atoms with Crippen molar-refractivity contribution in [2.24, 2.45) is 0 Å². The smallest absolute Gasteiger partial charge is 0.269 e. The van der Waals surface area contributed by atoms with Crippen molar-refractivity contribution in [1.82, 2.24) is 18.8 Å². The average Bonchev–Trinajstić information content (AvgIpc) is 3.10. The summed E-state index contributed by atoms with van der Waals surface area (Å²) in [7, 11) is -4.55. The molecule has 4 rings (SSSR count). The monoisotopic (exact) mass is 476 g/mol. The number of anilines is 1. The Morgan fingerprint density at radius 1 is 1.41 bits per heavy atom. The van der Waals surface area contributed by atoms with Crippen molar-refractivity contribution in [3.8, 4) is 0 Å². The summed E-state index contributed by atoms with van der Waals surface area (Å²) >= 11 is 0. The second-order valence-corrected chi connectivity index (χ2v) is 9.83. The largest absolute Gasteiger partial charge is 0.388 e. The number of hydrogen-bond donors (Lipinski definition) is 2. The molecule has 3 heterocycles. The molecule has 1 saturated heterocycles. The number of rotatable bonds is 5. The second kappa shape index (κ2) is 8.31. The van der Waals surface area contributed by atoms with Gasteiger partial charge in [0, 0.05) is 34.8 Å². The molecule has 2 aromatic heterocycles. The molecule has 32 heavy (non-hydrogen) atoms. The fourth-order valence-corrected chi connectivity index (χ4v) is 5.09. The molecule has 176 valence electrons. The van der Waals surface area contributed by atoms with Crippen molar-refractivity contribution in [2.75, 3.05) is 24.6 Å². The van der Waals surface area contributed by atoms with E-state index in [1.165, 1.54) is 6.92 Å². The molecule has 0 unspecified atom stereocenters. The summed E-state index contributed by atoms with van der Waals surface area (Å²) < 4.78 is 91.6. The highest BCUT2D eigenvalue weighted by Gasteiger charge is 2.40. The Morgan fingerprint density at radius 2 is 2.12 bits per heavy atom. The lowest BCUT2D eigenvalue weighted by molar-refractivity contribution is 0.0261. The quantitative estimate of drug-likeness (QED) is 0.678. The van der Waals surface area contributed by atoms with Crippen LogP contribution >= 0.6 is 0 Å². The van der Waals surface area contributed by atoms with Gasteiger partial charge in [-0.2, -0.15) is 4.98 Å². The molecule has 2 fully saturated rings. The Morgan fingerprint density at radius 3 is 2.72 bits per heavy atom. The molecule has 1 aliphatic carbocycles. The van der Waals surface area contributed by atoms with Gasteiger partial charge in [0.05, 0.1) is 24.8 Å². The van der Waals surface area contributed by atoms with Gasteiger partial charge in [-0.3, -0.25) is 9.36 Å². The van der Waals surface area contributed by atoms with Crippen LogP contribution in [0.25, 0.3) is 11.0 Å². The van der Waals surface area contributed by atoms with Crippen molar-refractivity contribution >= 4 is 27.0 Å². The first-order valence-corrected chi connectivity index (χ1v) is 11.6. The first-order valence-electron chi connectivity index (χ1n) is 12.7. The molecule has 2 atom stereocenters. The van der Waals surface area contributed by atoms with Crippen LogP contribution in [0.4, 0.5) is 14.7 Å². The van der Waals surface area contributed by atoms with Crippen LogP contribution in [0.1, 0.15) is 63.9 Å². The maximum Gasteiger partial charge on any atom is 0.269 e. The van der Waals surface area contributed by atoms with Crippen molar-refractivity contribution in [3.63, 3.8) is 0 Å². The van der Waals surface area contributed by atoms with Crippen LogP contribution in [-0.4, -0.2) is 63.3 Å². The Kier molecular flexibility index (Phi) is 4.49. The topological polar surface area (TPSA) is 117 Å². The van der Waals surface area contributed by atoms with Gasteiger partial charge < -0.3 is 10.4 Å². The van der Waals surface area contributed by atoms with E-state index in [2.05, 4.69) is 15.3 Å². The van der Waals surface area contributed by atoms with E-state index in [1.807, 2.05) is 0 Å². The summed E-state index contributed by atoms with van der Waals surface area (Å²) in [4.78, 5) is 21.5. The Labute approximate surface area is 191 Å². The number of hydrogen-bond acceptors (Lipinski definition) is 7. The van der Waals surface area contributed by atoms with Crippen molar-refractivity contribution in [1.29, 1.82) is 0 Å². The zero-order valence-corrected chi connectivity index (χ0v) is 18.1. The summed E-state index contributed by atoms with van der Waals surface area (Å²) in [5, 5.41) is 13.6. The summed E-state index contributed by atoms with van der Waals surface area (Å²) in [6.07, 6.45) is -5.26. The Balaban J connectivity index is 1.70. The number of nitrogens with zero attached hydrogens (tertiary/aromatic N) is 4. The number of halogens is 2. The number of pyridine rings is 1. The number of alkyl halides is 2. The Bertz CT molecular complexity index is 1370. The number of aromatic nitrogens is 3. The normalized spacial score (nSPS) is 29.6. The number of nitrogens with one attached hydrogen (secondary N) is 1. The van der Waals surface area contributed by atoms with Gasteiger partial charge in [0.15, 0.2) is 0 Å². The van der Waals surface area contributed by atoms with Crippen molar-refractivity contribution in [3.05, 3.63) is 28.2 Å². The predicted molar refractivity (Wildman–Crippen MR) is 115 cm³/mol. The summed E-state index contributed by atoms with van der Waals surface area (Å²) in [6.45, 7) is 1.03. The van der Waals surface area contributed by atoms with E-state index in [1.54, 1.807) is 0 Å². The van der Waals surface area contributed by atoms with E-state index in [0.717, 1.165) is 21.1 Å². The SMILES string of the molecule is [2H]C1(Nc2ncc3cc(C([2H])(F)F)c(=O)n([C@@H]4CCC[C@@]4(C)O)c3n2)CCN(S(=O)(=O)C([2H])([2H])[2H])CC1. The van der Waals surface area contributed by atoms with Crippen LogP contribution in [0, 0.1) is 0 Å². The van der Waals surface area contributed by atoms with Gasteiger partial charge in [0.25, 0.3) is 12.0 Å². The highest BCUT2D eigenvalue weighted by atomic mass is 32.2. The van der Waals surface area contributed by atoms with Crippen LogP contribution in [0.3, 0.4) is 0 Å². The first-order chi connectivity index (χ1) is 16.9. The standard InChI is InChI=1S/C20H27F2N5O4S/c1-20(29)7-3-4-15(20)27-17-12(10-14(16(21)22)18(27)28)11-23-19(25-17)24-13-5-8-26(9-6-13)32(2,30)31/h10-11,13,15-16,29H,3-9H2,1-2H3,(H,23,24,25)/t15-,20-/m1/s1/i2D3,13D,16D. The molecule has 2 aromatic rings. The van der Waals surface area contributed by atoms with Gasteiger partial charge in [0.2, 0.25) is 16.0 Å². The van der Waals surface area contributed by atoms with Gasteiger partial charge in [-0.25, -0.2) is 26.5 Å². The molecule has 0 radical (unpaired) electrons. The zero-order chi connectivity index (χ0) is 27.6. The van der Waals surface area contributed by atoms with Gasteiger partial charge >= 0.3 is 0 Å². The third-order valence-corrected chi connectivity index (χ3v) is 7.17. The number of piperidine rings is 1. The molecule has 12 heteroatoms. The maximum atomic E-state index is 14.0. The molecular weight excluding hydrogens is 444 g/mol. The average molecular weight is 477 g/mol. The summed E-state index contributed by atoms with van der Waals surface area (Å²) in [5.41, 5.74) is -3.68. The van der Waals surface area contributed by atoms with Crippen LogP contribution in [0.2, 0.25) is 0 Å². The van der Waals surface area contributed by atoms with Crippen molar-refractivity contribution < 1.29 is 29.2 Å². The first kappa shape index (κ1) is 17.3. The predicted octanol–water partition coefficient (Wildman–Crippen LogP) is 2.04. The zero-order valence-electron chi connectivity index (χ0n) is 22.3. The Hall–Kier alpha value is -2.18. The van der Waals surface area contributed by atoms with Gasteiger partial charge in [-0.1, -0.05) is 0 Å². The molecule has 1 aliphatic heterocycles. The van der Waals surface area contributed by atoms with Crippen molar-refractivity contribution in [2.45, 2.75) is 63.1 Å². The molecule has 0 aromatic carbocycles. The third kappa shape index (κ3) is 4.35. The fraction of sp³-hybridized carbons (Fsp3) is 0.650. The molecule has 1 saturated carbocycles. The van der Waals surface area contributed by atoms with E-state index in [9.17, 15) is 27.1 Å². The summed E-state index contributed by atoms with van der Waals surface area (Å²) in [6, 6.07) is -1.53. The fourth-order valence-electron chi connectivity index (χ4n) is 4.42. The number of fused-ring (bicyclic) bond motifs is 1. The lowest BCUT2D eigenvalue weighted by Gasteiger charge is -2.31. The highest BCUT2D eigenvalue weighted by Crippen LogP contribution is 2.39. The second-order valence-electron chi connectivity index (χ2n) is 8.36. The lowest BCUT2D eigenvalue weighted by Crippen LogP contribution is -2.42. The van der Waals surface area contributed by atoms with Crippen LogP contribution in [0.15, 0.2) is 17.1 Å². The summed E-state index contributed by atoms with van der Waals surface area (Å²) in [5.74, 6) is -0.134. The van der Waals surface area contributed by atoms with E-state index in [0.29, 0.717) is 19.3 Å². The van der Waals surface area contributed by atoms with Crippen LogP contribution in [-0.2, 0) is 10.0 Å². The third-order valence-electron chi connectivity index (χ3n) is 6.12. The maximum absolute atomic E-state index is 14.0. The van der Waals surface area contributed by atoms with E-state index >= 15 is 0 Å². The molecule has 0 amide bonds. The van der Waals surface area contributed by atoms with Crippen LogP contribution in [0.5, 0.6) is 0 Å². The minimum atomic E-state index is -4.55. The molecule has 0 spiro atoms. The van der Waals surface area contributed by atoms with Gasteiger partial charge in [-0.05, 0) is 45.1 Å². The molecular formula is C20H27F2N5O4S. The lowest BCUT2D eigenvalue weighted by atomic mass is 9.99. The molecule has 9 nitrogen and oxygen atoms in total. The number of aliphatic hydroxyl groups is 1. The minimum Gasteiger partial charge on any atom is -0.388 e. The molecule has 2 aliphatic rings. The van der Waals surface area contributed by atoms with E-state index in [-0.39, 0.29) is 42.9 Å². The van der Waals surface area contributed by atoms with E-state index < -0.39 is 51.4 Å². The van der Waals surface area contributed by atoms with E-state index in [4.69, 9.17) is 6.85 Å². The molecule has 2 N–H and O–H groups in total. The van der Waals surface area contributed by atoms with Gasteiger partial charge in [0.1, 0.15) is 7.02 Å². The molecule has 0 bridgehead atoms. The highest BCUT2D eigenvalue weighted by molar-refractivity contribution is 7.88. The number of sulfonamides is 1. The van der Waals surface area contributed by atoms with Crippen LogP contribution < -0.4 is 10.9 Å². The minimum absolute atomic E-state index is 0.0346.